The summed E-state index contributed by atoms with van der Waals surface area (Å²) in [6.07, 6.45) is 5.54. The normalized spacial score (nSPS) is 18.4. The molecule has 1 saturated heterocycles. The van der Waals surface area contributed by atoms with E-state index in [1.54, 1.807) is 29.2 Å². The maximum absolute atomic E-state index is 13.2. The Kier molecular flexibility index (Phi) is 6.82. The Morgan fingerprint density at radius 1 is 1.19 bits per heavy atom. The molecular weight excluding hydrogens is 432 g/mol. The van der Waals surface area contributed by atoms with Gasteiger partial charge in [0.15, 0.2) is 0 Å². The smallest absolute Gasteiger partial charge is 0.271 e. The second-order valence-corrected chi connectivity index (χ2v) is 10.2. The summed E-state index contributed by atoms with van der Waals surface area (Å²) in [6.45, 7) is 1.32. The van der Waals surface area contributed by atoms with Gasteiger partial charge in [-0.2, -0.15) is 9.40 Å². The van der Waals surface area contributed by atoms with E-state index in [2.05, 4.69) is 10.2 Å². The van der Waals surface area contributed by atoms with E-state index in [1.807, 2.05) is 7.05 Å². The van der Waals surface area contributed by atoms with Crippen LogP contribution in [0.15, 0.2) is 29.2 Å². The molecule has 1 amide bonds. The maximum Gasteiger partial charge on any atom is 0.271 e. The van der Waals surface area contributed by atoms with Crippen LogP contribution < -0.4 is 4.74 Å². The van der Waals surface area contributed by atoms with Gasteiger partial charge in [0.25, 0.3) is 5.91 Å². The summed E-state index contributed by atoms with van der Waals surface area (Å²) in [5, 5.41) is 7.11. The van der Waals surface area contributed by atoms with Gasteiger partial charge in [0.05, 0.1) is 26.0 Å². The molecule has 2 aliphatic rings. The summed E-state index contributed by atoms with van der Waals surface area (Å²) in [6, 6.07) is 6.83. The fourth-order valence-corrected chi connectivity index (χ4v) is 5.96. The molecule has 174 valence electrons. The predicted octanol–water partition coefficient (Wildman–Crippen LogP) is 2.51. The first-order chi connectivity index (χ1) is 15.4. The van der Waals surface area contributed by atoms with Gasteiger partial charge in [-0.3, -0.25) is 9.89 Å². The molecule has 1 N–H and O–H groups in total. The van der Waals surface area contributed by atoms with Crippen molar-refractivity contribution in [2.45, 2.75) is 43.0 Å². The number of hydrogen-bond acceptors (Lipinski definition) is 6. The lowest BCUT2D eigenvalue weighted by molar-refractivity contribution is 0.0690. The Balaban J connectivity index is 1.60. The van der Waals surface area contributed by atoms with Crippen LogP contribution >= 0.6 is 0 Å². The van der Waals surface area contributed by atoms with Crippen molar-refractivity contribution in [2.24, 2.45) is 0 Å². The number of carbonyl (C=O) groups excluding carboxylic acids is 1. The lowest BCUT2D eigenvalue weighted by Crippen LogP contribution is -2.40. The van der Waals surface area contributed by atoms with Crippen LogP contribution in [0.25, 0.3) is 11.3 Å². The van der Waals surface area contributed by atoms with Crippen molar-refractivity contribution in [3.05, 3.63) is 30.0 Å². The van der Waals surface area contributed by atoms with E-state index in [9.17, 15) is 13.2 Å². The molecule has 32 heavy (non-hydrogen) atoms. The molecule has 4 rings (SSSR count). The first-order valence-electron chi connectivity index (χ1n) is 11.0. The number of sulfonamides is 1. The average Bonchev–Trinajstić information content (AvgIpc) is 3.34. The summed E-state index contributed by atoms with van der Waals surface area (Å²) in [7, 11) is -0.481. The Labute approximate surface area is 188 Å². The predicted molar refractivity (Wildman–Crippen MR) is 119 cm³/mol. The van der Waals surface area contributed by atoms with E-state index in [0.29, 0.717) is 43.3 Å². The molecule has 0 atom stereocenters. The highest BCUT2D eigenvalue weighted by atomic mass is 32.2. The van der Waals surface area contributed by atoms with Crippen LogP contribution in [0.3, 0.4) is 0 Å². The monoisotopic (exact) mass is 462 g/mol. The van der Waals surface area contributed by atoms with Gasteiger partial charge in [-0.1, -0.05) is 19.3 Å². The zero-order chi connectivity index (χ0) is 22.7. The largest absolute Gasteiger partial charge is 0.495 e. The first kappa shape index (κ1) is 22.8. The van der Waals surface area contributed by atoms with E-state index < -0.39 is 10.0 Å². The molecule has 0 bridgehead atoms. The molecule has 1 saturated carbocycles. The molecule has 2 aromatic rings. The van der Waals surface area contributed by atoms with Crippen LogP contribution in [0.4, 0.5) is 0 Å². The number of morpholine rings is 1. The van der Waals surface area contributed by atoms with Crippen molar-refractivity contribution < 1.29 is 22.7 Å². The number of nitrogens with zero attached hydrogens (tertiary/aromatic N) is 3. The molecule has 1 aliphatic heterocycles. The third kappa shape index (κ3) is 4.53. The zero-order valence-electron chi connectivity index (χ0n) is 18.5. The van der Waals surface area contributed by atoms with Gasteiger partial charge >= 0.3 is 0 Å². The fourth-order valence-electron chi connectivity index (χ4n) is 4.37. The van der Waals surface area contributed by atoms with Gasteiger partial charge in [-0.25, -0.2) is 8.42 Å². The van der Waals surface area contributed by atoms with Crippen LogP contribution in [0.2, 0.25) is 0 Å². The topological polar surface area (TPSA) is 105 Å². The second kappa shape index (κ2) is 9.60. The molecule has 1 aromatic heterocycles. The summed E-state index contributed by atoms with van der Waals surface area (Å²) in [5.41, 5.74) is 1.49. The summed E-state index contributed by atoms with van der Waals surface area (Å²) in [5.74, 6) is 0.162. The number of nitrogens with one attached hydrogen (secondary N) is 1. The Hall–Kier alpha value is -2.43. The first-order valence-corrected chi connectivity index (χ1v) is 12.4. The van der Waals surface area contributed by atoms with Crippen molar-refractivity contribution in [3.63, 3.8) is 0 Å². The number of rotatable bonds is 6. The van der Waals surface area contributed by atoms with E-state index in [0.717, 1.165) is 25.7 Å². The number of methoxy groups -OCH3 is 1. The highest BCUT2D eigenvalue weighted by molar-refractivity contribution is 7.89. The van der Waals surface area contributed by atoms with Crippen LogP contribution in [0.1, 0.15) is 42.6 Å². The van der Waals surface area contributed by atoms with Crippen LogP contribution in [0.5, 0.6) is 5.75 Å². The van der Waals surface area contributed by atoms with E-state index >= 15 is 0 Å². The Morgan fingerprint density at radius 3 is 2.59 bits per heavy atom. The highest BCUT2D eigenvalue weighted by Crippen LogP contribution is 2.32. The number of carbonyl (C=O) groups is 1. The molecule has 0 radical (unpaired) electrons. The minimum absolute atomic E-state index is 0.0783. The standard InChI is InChI=1S/C22H30N4O5S/c1-25(17-6-4-3-5-7-17)22(27)19-15-18(23-24-19)16-8-9-20(30-2)21(14-16)32(28,29)26-10-12-31-13-11-26/h8-9,14-15,17H,3-7,10-13H2,1-2H3,(H,23,24). The zero-order valence-corrected chi connectivity index (χ0v) is 19.4. The number of hydrogen-bond donors (Lipinski definition) is 1. The number of benzene rings is 1. The highest BCUT2D eigenvalue weighted by Gasteiger charge is 2.30. The van der Waals surface area contributed by atoms with Crippen LogP contribution in [0, 0.1) is 0 Å². The molecule has 2 heterocycles. The Bertz CT molecular complexity index is 1060. The van der Waals surface area contributed by atoms with E-state index in [4.69, 9.17) is 9.47 Å². The third-order valence-corrected chi connectivity index (χ3v) is 8.22. The molecule has 1 aromatic carbocycles. The maximum atomic E-state index is 13.2. The molecule has 0 unspecified atom stereocenters. The minimum atomic E-state index is -3.76. The van der Waals surface area contributed by atoms with Crippen molar-refractivity contribution in [1.82, 2.24) is 19.4 Å². The number of aromatic nitrogens is 2. The molecule has 10 heteroatoms. The molecule has 9 nitrogen and oxygen atoms in total. The van der Waals surface area contributed by atoms with E-state index in [1.165, 1.54) is 17.8 Å². The van der Waals surface area contributed by atoms with Crippen LogP contribution in [-0.4, -0.2) is 80.2 Å². The number of aromatic amines is 1. The molecular formula is C22H30N4O5S. The molecule has 1 aliphatic carbocycles. The molecule has 0 spiro atoms. The van der Waals surface area contributed by atoms with Gasteiger partial charge in [-0.15, -0.1) is 0 Å². The average molecular weight is 463 g/mol. The minimum Gasteiger partial charge on any atom is -0.495 e. The summed E-state index contributed by atoms with van der Waals surface area (Å²) < 4.78 is 38.5. The fraction of sp³-hybridized carbons (Fsp3) is 0.545. The van der Waals surface area contributed by atoms with Crippen molar-refractivity contribution in [3.8, 4) is 17.0 Å². The number of ether oxygens (including phenoxy) is 2. The van der Waals surface area contributed by atoms with E-state index in [-0.39, 0.29) is 22.6 Å². The number of amides is 1. The van der Waals surface area contributed by atoms with Gasteiger partial charge < -0.3 is 14.4 Å². The van der Waals surface area contributed by atoms with Crippen molar-refractivity contribution in [2.75, 3.05) is 40.5 Å². The quantitative estimate of drug-likeness (QED) is 0.707. The summed E-state index contributed by atoms with van der Waals surface area (Å²) >= 11 is 0. The van der Waals surface area contributed by atoms with Gasteiger partial charge in [-0.05, 0) is 37.1 Å². The second-order valence-electron chi connectivity index (χ2n) is 8.26. The Morgan fingerprint density at radius 2 is 1.91 bits per heavy atom. The third-order valence-electron chi connectivity index (χ3n) is 6.30. The lowest BCUT2D eigenvalue weighted by Gasteiger charge is -2.30. The van der Waals surface area contributed by atoms with Gasteiger partial charge in [0.1, 0.15) is 16.3 Å². The van der Waals surface area contributed by atoms with Crippen LogP contribution in [-0.2, 0) is 14.8 Å². The van der Waals surface area contributed by atoms with Gasteiger partial charge in [0, 0.05) is 31.7 Å². The van der Waals surface area contributed by atoms with Crippen molar-refractivity contribution in [1.29, 1.82) is 0 Å². The van der Waals surface area contributed by atoms with Crippen molar-refractivity contribution >= 4 is 15.9 Å². The SMILES string of the molecule is COc1ccc(-c2cc(C(=O)N(C)C3CCCCC3)[nH]n2)cc1S(=O)(=O)N1CCOCC1. The molecule has 2 fully saturated rings. The summed E-state index contributed by atoms with van der Waals surface area (Å²) in [4.78, 5) is 14.8. The lowest BCUT2D eigenvalue weighted by atomic mass is 9.94. The number of H-pyrrole nitrogens is 1. The van der Waals surface area contributed by atoms with Gasteiger partial charge in [0.2, 0.25) is 10.0 Å².